The van der Waals surface area contributed by atoms with Crippen LogP contribution in [0.4, 0.5) is 20.3 Å². The van der Waals surface area contributed by atoms with Crippen molar-refractivity contribution in [3.8, 4) is 0 Å². The molecule has 7 nitrogen and oxygen atoms in total. The number of nitrogens with zero attached hydrogens (tertiary/aromatic N) is 3. The van der Waals surface area contributed by atoms with Crippen LogP contribution in [-0.4, -0.2) is 49.6 Å². The Morgan fingerprint density at radius 2 is 1.97 bits per heavy atom. The SMILES string of the molecule is CN=C(NCCC(=O)Nc1cccc(C)n1)NC1CCN(c2c(F)cccc2F)C1. The molecular weight excluding hydrogens is 390 g/mol. The van der Waals surface area contributed by atoms with E-state index in [2.05, 4.69) is 25.9 Å². The number of carbonyl (C=O) groups excluding carboxylic acids is 1. The minimum atomic E-state index is -0.563. The lowest BCUT2D eigenvalue weighted by molar-refractivity contribution is -0.116. The quantitative estimate of drug-likeness (QED) is 0.498. The van der Waals surface area contributed by atoms with E-state index in [1.54, 1.807) is 18.0 Å². The fraction of sp³-hybridized carbons (Fsp3) is 0.381. The molecular formula is C21H26F2N6O. The molecule has 1 aliphatic rings. The first kappa shape index (κ1) is 21.5. The van der Waals surface area contributed by atoms with Crippen LogP contribution >= 0.6 is 0 Å². The average Bonchev–Trinajstić information content (AvgIpc) is 3.15. The van der Waals surface area contributed by atoms with Crippen LogP contribution < -0.4 is 20.9 Å². The van der Waals surface area contributed by atoms with Gasteiger partial charge in [-0.25, -0.2) is 13.8 Å². The van der Waals surface area contributed by atoms with Crippen LogP contribution in [-0.2, 0) is 4.79 Å². The largest absolute Gasteiger partial charge is 0.365 e. The molecule has 160 valence electrons. The number of para-hydroxylation sites is 1. The number of carbonyl (C=O) groups is 1. The summed E-state index contributed by atoms with van der Waals surface area (Å²) >= 11 is 0. The molecule has 1 fully saturated rings. The average molecular weight is 416 g/mol. The van der Waals surface area contributed by atoms with Gasteiger partial charge in [-0.15, -0.1) is 0 Å². The minimum Gasteiger partial charge on any atom is -0.365 e. The summed E-state index contributed by atoms with van der Waals surface area (Å²) < 4.78 is 28.0. The molecule has 1 aliphatic heterocycles. The number of aromatic nitrogens is 1. The lowest BCUT2D eigenvalue weighted by Crippen LogP contribution is -2.45. The molecule has 0 radical (unpaired) electrons. The van der Waals surface area contributed by atoms with E-state index in [-0.39, 0.29) is 24.1 Å². The lowest BCUT2D eigenvalue weighted by Gasteiger charge is -2.21. The summed E-state index contributed by atoms with van der Waals surface area (Å²) in [7, 11) is 1.63. The zero-order valence-corrected chi connectivity index (χ0v) is 17.1. The molecule has 1 unspecified atom stereocenters. The fourth-order valence-electron chi connectivity index (χ4n) is 3.37. The number of aryl methyl sites for hydroxylation is 1. The van der Waals surface area contributed by atoms with Gasteiger partial charge in [-0.1, -0.05) is 12.1 Å². The second-order valence-electron chi connectivity index (χ2n) is 7.11. The fourth-order valence-corrected chi connectivity index (χ4v) is 3.37. The molecule has 2 heterocycles. The predicted octanol–water partition coefficient (Wildman–Crippen LogP) is 2.44. The summed E-state index contributed by atoms with van der Waals surface area (Å²) in [5.74, 6) is -0.219. The standard InChI is InChI=1S/C21H26F2N6O/c1-14-5-3-8-18(26-14)28-19(30)9-11-25-21(24-2)27-15-10-12-29(13-15)20-16(22)6-4-7-17(20)23/h3-8,15H,9-13H2,1-2H3,(H2,24,25,27)(H,26,28,30). The Balaban J connectivity index is 1.44. The van der Waals surface area contributed by atoms with E-state index in [1.165, 1.54) is 18.2 Å². The maximum Gasteiger partial charge on any atom is 0.227 e. The third-order valence-electron chi connectivity index (χ3n) is 4.81. The van der Waals surface area contributed by atoms with E-state index in [9.17, 15) is 13.6 Å². The van der Waals surface area contributed by atoms with Gasteiger partial charge < -0.3 is 20.9 Å². The number of aliphatic imine (C=N–C) groups is 1. The second-order valence-corrected chi connectivity index (χ2v) is 7.11. The molecule has 1 aromatic heterocycles. The van der Waals surface area contributed by atoms with Crippen molar-refractivity contribution in [3.63, 3.8) is 0 Å². The molecule has 30 heavy (non-hydrogen) atoms. The van der Waals surface area contributed by atoms with Crippen LogP contribution in [0.1, 0.15) is 18.5 Å². The highest BCUT2D eigenvalue weighted by molar-refractivity contribution is 5.90. The van der Waals surface area contributed by atoms with Gasteiger partial charge in [0.15, 0.2) is 5.96 Å². The normalized spacial score (nSPS) is 16.5. The Morgan fingerprint density at radius 3 is 2.67 bits per heavy atom. The van der Waals surface area contributed by atoms with Gasteiger partial charge in [0.05, 0.1) is 0 Å². The van der Waals surface area contributed by atoms with Gasteiger partial charge in [0.25, 0.3) is 0 Å². The predicted molar refractivity (Wildman–Crippen MR) is 114 cm³/mol. The van der Waals surface area contributed by atoms with E-state index in [0.29, 0.717) is 37.8 Å². The Morgan fingerprint density at radius 1 is 1.23 bits per heavy atom. The van der Waals surface area contributed by atoms with E-state index in [1.807, 2.05) is 19.1 Å². The van der Waals surface area contributed by atoms with Gasteiger partial charge in [-0.2, -0.15) is 0 Å². The molecule has 0 aliphatic carbocycles. The van der Waals surface area contributed by atoms with Gasteiger partial charge in [-0.3, -0.25) is 9.79 Å². The second kappa shape index (κ2) is 10.00. The molecule has 0 bridgehead atoms. The van der Waals surface area contributed by atoms with Gasteiger partial charge in [0, 0.05) is 44.8 Å². The maximum atomic E-state index is 14.0. The molecule has 2 aromatic rings. The van der Waals surface area contributed by atoms with Crippen LogP contribution in [0.3, 0.4) is 0 Å². The monoisotopic (exact) mass is 416 g/mol. The van der Waals surface area contributed by atoms with E-state index in [4.69, 9.17) is 0 Å². The first-order valence-electron chi connectivity index (χ1n) is 9.86. The number of anilines is 2. The molecule has 9 heteroatoms. The van der Waals surface area contributed by atoms with Crippen molar-refractivity contribution >= 4 is 23.4 Å². The Bertz CT molecular complexity index is 900. The van der Waals surface area contributed by atoms with Gasteiger partial charge in [0.1, 0.15) is 23.1 Å². The molecule has 1 aromatic carbocycles. The molecule has 3 N–H and O–H groups in total. The number of pyridine rings is 1. The third kappa shape index (κ3) is 5.65. The Kier molecular flexibility index (Phi) is 7.16. The summed E-state index contributed by atoms with van der Waals surface area (Å²) in [4.78, 5) is 22.2. The van der Waals surface area contributed by atoms with Crippen LogP contribution in [0.2, 0.25) is 0 Å². The maximum absolute atomic E-state index is 14.0. The number of amides is 1. The van der Waals surface area contributed by atoms with Gasteiger partial charge >= 0.3 is 0 Å². The van der Waals surface area contributed by atoms with Gasteiger partial charge in [-0.05, 0) is 37.6 Å². The Labute approximate surface area is 174 Å². The van der Waals surface area contributed by atoms with Crippen LogP contribution in [0.25, 0.3) is 0 Å². The molecule has 3 rings (SSSR count). The number of guanidine groups is 1. The third-order valence-corrected chi connectivity index (χ3v) is 4.81. The molecule has 1 saturated heterocycles. The number of hydrogen-bond donors (Lipinski definition) is 3. The summed E-state index contributed by atoms with van der Waals surface area (Å²) in [6.45, 7) is 3.24. The summed E-state index contributed by atoms with van der Waals surface area (Å²) in [6, 6.07) is 9.30. The summed E-state index contributed by atoms with van der Waals surface area (Å²) in [5.41, 5.74) is 0.836. The van der Waals surface area contributed by atoms with Crippen molar-refractivity contribution < 1.29 is 13.6 Å². The highest BCUT2D eigenvalue weighted by atomic mass is 19.1. The van der Waals surface area contributed by atoms with Gasteiger partial charge in [0.2, 0.25) is 5.91 Å². The minimum absolute atomic E-state index is 0.00572. The van der Waals surface area contributed by atoms with Crippen molar-refractivity contribution in [2.24, 2.45) is 4.99 Å². The highest BCUT2D eigenvalue weighted by Gasteiger charge is 2.27. The highest BCUT2D eigenvalue weighted by Crippen LogP contribution is 2.26. The number of halogens is 2. The molecule has 1 atom stereocenters. The van der Waals surface area contributed by atoms with Crippen LogP contribution in [0, 0.1) is 18.6 Å². The topological polar surface area (TPSA) is 81.6 Å². The zero-order chi connectivity index (χ0) is 21.5. The molecule has 0 saturated carbocycles. The van der Waals surface area contributed by atoms with E-state index in [0.717, 1.165) is 5.69 Å². The van der Waals surface area contributed by atoms with Crippen molar-refractivity contribution in [2.75, 3.05) is 36.9 Å². The Hall–Kier alpha value is -3.23. The van der Waals surface area contributed by atoms with Crippen molar-refractivity contribution in [1.82, 2.24) is 15.6 Å². The summed E-state index contributed by atoms with van der Waals surface area (Å²) in [5, 5.41) is 9.09. The summed E-state index contributed by atoms with van der Waals surface area (Å²) in [6.07, 6.45) is 0.960. The van der Waals surface area contributed by atoms with E-state index >= 15 is 0 Å². The van der Waals surface area contributed by atoms with Crippen LogP contribution in [0.15, 0.2) is 41.4 Å². The van der Waals surface area contributed by atoms with Crippen LogP contribution in [0.5, 0.6) is 0 Å². The first-order chi connectivity index (χ1) is 14.5. The number of benzene rings is 1. The molecule has 0 spiro atoms. The van der Waals surface area contributed by atoms with E-state index < -0.39 is 11.6 Å². The van der Waals surface area contributed by atoms with Crippen molar-refractivity contribution in [2.45, 2.75) is 25.8 Å². The number of hydrogen-bond acceptors (Lipinski definition) is 4. The lowest BCUT2D eigenvalue weighted by atomic mass is 10.2. The smallest absolute Gasteiger partial charge is 0.227 e. The zero-order valence-electron chi connectivity index (χ0n) is 17.1. The van der Waals surface area contributed by atoms with Crippen molar-refractivity contribution in [1.29, 1.82) is 0 Å². The number of nitrogens with one attached hydrogen (secondary N) is 3. The first-order valence-corrected chi connectivity index (χ1v) is 9.86. The molecule has 1 amide bonds. The van der Waals surface area contributed by atoms with Crippen molar-refractivity contribution in [3.05, 3.63) is 53.7 Å². The number of rotatable bonds is 6.